The number of amides is 1. The summed E-state index contributed by atoms with van der Waals surface area (Å²) in [5.74, 6) is 0.000490. The van der Waals surface area contributed by atoms with Crippen LogP contribution in [-0.4, -0.2) is 62.9 Å². The Labute approximate surface area is 275 Å². The molecule has 5 aromatic rings. The van der Waals surface area contributed by atoms with Crippen LogP contribution in [0.1, 0.15) is 16.1 Å². The third-order valence-corrected chi connectivity index (χ3v) is 11.1. The lowest BCUT2D eigenvalue weighted by atomic mass is 10.1. The lowest BCUT2D eigenvalue weighted by Gasteiger charge is -2.23. The molecule has 0 unspecified atom stereocenters. The van der Waals surface area contributed by atoms with Gasteiger partial charge in [0.25, 0.3) is 15.9 Å². The second-order valence-corrected chi connectivity index (χ2v) is 19.7. The van der Waals surface area contributed by atoms with Crippen molar-refractivity contribution in [2.75, 3.05) is 30.4 Å². The maximum absolute atomic E-state index is 13.5. The first-order chi connectivity index (χ1) is 22.4. The van der Waals surface area contributed by atoms with E-state index in [0.717, 1.165) is 11.6 Å². The lowest BCUT2D eigenvalue weighted by molar-refractivity contribution is 0.0805. The number of nitrogens with one attached hydrogen (secondary N) is 1. The molecular weight excluding hydrogens is 635 g/mol. The Morgan fingerprint density at radius 3 is 2.43 bits per heavy atom. The number of benzene rings is 2. The van der Waals surface area contributed by atoms with E-state index in [0.29, 0.717) is 46.0 Å². The van der Waals surface area contributed by atoms with Crippen molar-refractivity contribution in [3.63, 3.8) is 0 Å². The molecule has 12 nitrogen and oxygen atoms in total. The van der Waals surface area contributed by atoms with Gasteiger partial charge in [0.15, 0.2) is 11.4 Å². The monoisotopic (exact) mass is 673 g/mol. The number of anilines is 2. The zero-order valence-corrected chi connectivity index (χ0v) is 28.9. The van der Waals surface area contributed by atoms with Gasteiger partial charge in [-0.25, -0.2) is 18.1 Å². The number of methoxy groups -OCH3 is 1. The zero-order chi connectivity index (χ0) is 33.8. The molecule has 47 heavy (non-hydrogen) atoms. The fraction of sp³-hybridized carbons (Fsp3) is 0.273. The number of rotatable bonds is 14. The molecule has 0 radical (unpaired) electrons. The van der Waals surface area contributed by atoms with E-state index in [2.05, 4.69) is 35.0 Å². The van der Waals surface area contributed by atoms with Crippen molar-refractivity contribution >= 4 is 46.4 Å². The number of pyridine rings is 2. The van der Waals surface area contributed by atoms with E-state index in [1.807, 2.05) is 42.5 Å². The second-order valence-electron chi connectivity index (χ2n) is 12.1. The summed E-state index contributed by atoms with van der Waals surface area (Å²) in [6.45, 7) is 7.58. The number of nitrogens with two attached hydrogens (primary N) is 1. The van der Waals surface area contributed by atoms with Gasteiger partial charge >= 0.3 is 0 Å². The molecule has 0 saturated heterocycles. The first kappa shape index (κ1) is 33.6. The van der Waals surface area contributed by atoms with Crippen LogP contribution in [0.25, 0.3) is 22.2 Å². The topological polar surface area (TPSA) is 155 Å². The molecule has 2 aromatic carbocycles. The van der Waals surface area contributed by atoms with Crippen molar-refractivity contribution in [3.8, 4) is 17.0 Å². The Kier molecular flexibility index (Phi) is 9.93. The number of aromatic nitrogens is 4. The number of carbonyl (C=O) groups excluding carboxylic acids is 1. The Balaban J connectivity index is 1.60. The SMILES string of the molecule is COc1c(-c2ccccc2)nc(NCc2ccccc2N(C)S(=O)(=O)c2cccnc2)c2c(C(N)=O)nn(COCC[Si](C)(C)C)c12. The maximum Gasteiger partial charge on any atom is 0.270 e. The largest absolute Gasteiger partial charge is 0.492 e. The quantitative estimate of drug-likeness (QED) is 0.117. The Hall–Kier alpha value is -4.79. The molecule has 3 N–H and O–H groups in total. The van der Waals surface area contributed by atoms with Gasteiger partial charge in [0, 0.05) is 46.2 Å². The number of fused-ring (bicyclic) bond motifs is 1. The van der Waals surface area contributed by atoms with E-state index in [1.54, 1.807) is 22.9 Å². The van der Waals surface area contributed by atoms with Crippen LogP contribution in [0, 0.1) is 0 Å². The Morgan fingerprint density at radius 1 is 1.04 bits per heavy atom. The summed E-state index contributed by atoms with van der Waals surface area (Å²) in [5.41, 5.74) is 8.79. The van der Waals surface area contributed by atoms with Gasteiger partial charge in [-0.2, -0.15) is 5.10 Å². The van der Waals surface area contributed by atoms with Crippen molar-refractivity contribution < 1.29 is 22.7 Å². The molecule has 0 saturated carbocycles. The fourth-order valence-corrected chi connectivity index (χ4v) is 7.04. The second kappa shape index (κ2) is 13.9. The average molecular weight is 674 g/mol. The van der Waals surface area contributed by atoms with Crippen LogP contribution in [0.3, 0.4) is 0 Å². The van der Waals surface area contributed by atoms with E-state index in [4.69, 9.17) is 20.2 Å². The van der Waals surface area contributed by atoms with Gasteiger partial charge in [0.1, 0.15) is 28.7 Å². The van der Waals surface area contributed by atoms with Crippen LogP contribution < -0.4 is 20.1 Å². The lowest BCUT2D eigenvalue weighted by Crippen LogP contribution is -2.28. The first-order valence-electron chi connectivity index (χ1n) is 15.0. The number of hydrogen-bond donors (Lipinski definition) is 2. The highest BCUT2D eigenvalue weighted by Gasteiger charge is 2.28. The molecule has 246 valence electrons. The highest BCUT2D eigenvalue weighted by atomic mass is 32.2. The smallest absolute Gasteiger partial charge is 0.270 e. The van der Waals surface area contributed by atoms with Gasteiger partial charge in [-0.15, -0.1) is 0 Å². The van der Waals surface area contributed by atoms with Gasteiger partial charge in [-0.1, -0.05) is 68.2 Å². The number of hydrogen-bond acceptors (Lipinski definition) is 9. The van der Waals surface area contributed by atoms with E-state index in [1.165, 1.54) is 36.9 Å². The minimum absolute atomic E-state index is 0.00580. The molecule has 0 atom stereocenters. The van der Waals surface area contributed by atoms with E-state index < -0.39 is 24.0 Å². The standard InChI is InChI=1S/C33H39N7O5SSi/c1-39(46(42,43)25-15-11-17-35-21-25)26-16-10-9-14-24(26)20-36-33-27-29(32(34)41)38-40(22-45-18-19-47(3,4)5)30(27)31(44-2)28(37-33)23-12-7-6-8-13-23/h6-17,21H,18-20,22H2,1-5H3,(H2,34,41)(H,36,37). The Morgan fingerprint density at radius 2 is 1.77 bits per heavy atom. The van der Waals surface area contributed by atoms with Crippen molar-refractivity contribution in [3.05, 3.63) is 90.4 Å². The molecule has 0 aliphatic carbocycles. The summed E-state index contributed by atoms with van der Waals surface area (Å²) < 4.78 is 41.7. The van der Waals surface area contributed by atoms with Crippen LogP contribution in [-0.2, 0) is 28.0 Å². The minimum atomic E-state index is -3.89. The predicted molar refractivity (Wildman–Crippen MR) is 186 cm³/mol. The summed E-state index contributed by atoms with van der Waals surface area (Å²) in [7, 11) is -2.20. The van der Waals surface area contributed by atoms with Crippen LogP contribution >= 0.6 is 0 Å². The van der Waals surface area contributed by atoms with Crippen molar-refractivity contribution in [1.82, 2.24) is 19.7 Å². The molecule has 0 aliphatic rings. The molecule has 3 heterocycles. The summed E-state index contributed by atoms with van der Waals surface area (Å²) >= 11 is 0. The van der Waals surface area contributed by atoms with Crippen LogP contribution in [0.2, 0.25) is 25.7 Å². The van der Waals surface area contributed by atoms with Gasteiger partial charge in [0.2, 0.25) is 0 Å². The fourth-order valence-electron chi connectivity index (χ4n) is 5.09. The van der Waals surface area contributed by atoms with Gasteiger partial charge in [-0.3, -0.25) is 14.1 Å². The molecule has 3 aromatic heterocycles. The summed E-state index contributed by atoms with van der Waals surface area (Å²) in [6, 6.07) is 20.7. The highest BCUT2D eigenvalue weighted by molar-refractivity contribution is 7.92. The number of nitrogens with zero attached hydrogens (tertiary/aromatic N) is 5. The number of ether oxygens (including phenoxy) is 2. The van der Waals surface area contributed by atoms with Crippen molar-refractivity contribution in [2.24, 2.45) is 5.73 Å². The molecule has 0 bridgehead atoms. The normalized spacial score (nSPS) is 11.9. The van der Waals surface area contributed by atoms with Crippen LogP contribution in [0.15, 0.2) is 84.0 Å². The zero-order valence-electron chi connectivity index (χ0n) is 27.1. The molecule has 0 fully saturated rings. The molecular formula is C33H39N7O5SSi. The number of para-hydroxylation sites is 1. The van der Waals surface area contributed by atoms with Gasteiger partial charge in [-0.05, 0) is 29.8 Å². The predicted octanol–water partition coefficient (Wildman–Crippen LogP) is 5.35. The highest BCUT2D eigenvalue weighted by Crippen LogP contribution is 2.40. The van der Waals surface area contributed by atoms with E-state index in [9.17, 15) is 13.2 Å². The third kappa shape index (κ3) is 7.29. The molecule has 14 heteroatoms. The van der Waals surface area contributed by atoms with Crippen LogP contribution in [0.5, 0.6) is 5.75 Å². The first-order valence-corrected chi connectivity index (χ1v) is 20.2. The summed E-state index contributed by atoms with van der Waals surface area (Å²) in [5, 5.41) is 8.29. The molecule has 5 rings (SSSR count). The van der Waals surface area contributed by atoms with Gasteiger partial charge < -0.3 is 20.5 Å². The number of sulfonamides is 1. The van der Waals surface area contributed by atoms with Crippen molar-refractivity contribution in [1.29, 1.82) is 0 Å². The summed E-state index contributed by atoms with van der Waals surface area (Å²) in [6.07, 6.45) is 2.83. The summed E-state index contributed by atoms with van der Waals surface area (Å²) in [4.78, 5) is 21.8. The van der Waals surface area contributed by atoms with Gasteiger partial charge in [0.05, 0.1) is 18.2 Å². The van der Waals surface area contributed by atoms with Crippen molar-refractivity contribution in [2.45, 2.75) is 43.9 Å². The number of carbonyl (C=O) groups is 1. The number of primary amides is 1. The third-order valence-electron chi connectivity index (χ3n) is 7.61. The molecule has 0 aliphatic heterocycles. The van der Waals surface area contributed by atoms with E-state index in [-0.39, 0.29) is 23.9 Å². The molecule has 0 spiro atoms. The van der Waals surface area contributed by atoms with Crippen LogP contribution in [0.4, 0.5) is 11.5 Å². The van der Waals surface area contributed by atoms with E-state index >= 15 is 0 Å². The maximum atomic E-state index is 13.5. The average Bonchev–Trinajstić information content (AvgIpc) is 3.45. The Bertz CT molecular complexity index is 1980. The molecule has 1 amide bonds. The minimum Gasteiger partial charge on any atom is -0.492 e.